The molecule has 0 aliphatic heterocycles. The SMILES string of the molecule is CCCC[Si](CCCC)(CCCC)C1=CC[C@@H](c2c(N)cc([Si](CCCC)(CCCC)CCCC)c3cc([Si](CCCC)(CCCC)CCCC)ccc23)c2ccc([Si](CCCC)(CCCC)CCCC)cc21. The van der Waals surface area contributed by atoms with Crippen molar-refractivity contribution >= 4 is 69.5 Å². The van der Waals surface area contributed by atoms with Crippen molar-refractivity contribution in [3.05, 3.63) is 65.2 Å². The molecule has 0 radical (unpaired) electrons. The van der Waals surface area contributed by atoms with Crippen LogP contribution >= 0.6 is 0 Å². The van der Waals surface area contributed by atoms with E-state index in [0.29, 0.717) is 5.92 Å². The molecule has 0 saturated heterocycles. The molecule has 1 atom stereocenters. The third kappa shape index (κ3) is 16.4. The molecule has 73 heavy (non-hydrogen) atoms. The van der Waals surface area contributed by atoms with E-state index in [4.69, 9.17) is 5.73 Å². The van der Waals surface area contributed by atoms with Crippen LogP contribution in [-0.2, 0) is 0 Å². The molecule has 0 bridgehead atoms. The summed E-state index contributed by atoms with van der Waals surface area (Å²) in [6.07, 6.45) is 36.3. The van der Waals surface area contributed by atoms with Crippen molar-refractivity contribution in [2.75, 3.05) is 5.73 Å². The molecule has 0 saturated carbocycles. The Labute approximate surface area is 459 Å². The number of unbranched alkanes of at least 4 members (excludes halogenated alkanes) is 12. The summed E-state index contributed by atoms with van der Waals surface area (Å²) in [5.74, 6) is 0.295. The van der Waals surface area contributed by atoms with Gasteiger partial charge in [0, 0.05) is 11.6 Å². The first-order valence-corrected chi connectivity index (χ1v) is 43.2. The molecule has 0 spiro atoms. The third-order valence-corrected chi connectivity index (χ3v) is 41.3. The van der Waals surface area contributed by atoms with Crippen molar-refractivity contribution in [1.29, 1.82) is 0 Å². The molecule has 0 unspecified atom stereocenters. The second kappa shape index (κ2) is 33.6. The number of hydrogen-bond donors (Lipinski definition) is 1. The van der Waals surface area contributed by atoms with Gasteiger partial charge in [0.05, 0.1) is 32.3 Å². The Kier molecular flexibility index (Phi) is 29.4. The topological polar surface area (TPSA) is 26.0 Å². The molecule has 0 fully saturated rings. The van der Waals surface area contributed by atoms with Gasteiger partial charge < -0.3 is 5.73 Å². The fraction of sp³-hybridized carbons (Fsp3) is 0.735. The van der Waals surface area contributed by atoms with E-state index in [-0.39, 0.29) is 0 Å². The van der Waals surface area contributed by atoms with Crippen molar-refractivity contribution in [1.82, 2.24) is 0 Å². The average Bonchev–Trinajstić information content (AvgIpc) is 3.42. The van der Waals surface area contributed by atoms with Gasteiger partial charge in [-0.25, -0.2) is 0 Å². The highest BCUT2D eigenvalue weighted by Crippen LogP contribution is 2.50. The van der Waals surface area contributed by atoms with E-state index in [2.05, 4.69) is 132 Å². The lowest BCUT2D eigenvalue weighted by atomic mass is 9.79. The maximum Gasteiger partial charge on any atom is 0.0876 e. The molecule has 4 rings (SSSR count). The van der Waals surface area contributed by atoms with Crippen LogP contribution in [0.1, 0.15) is 266 Å². The summed E-state index contributed by atoms with van der Waals surface area (Å²) in [6, 6.07) is 37.1. The Hall–Kier alpha value is -1.67. The Morgan fingerprint density at radius 3 is 1.07 bits per heavy atom. The predicted molar refractivity (Wildman–Crippen MR) is 348 cm³/mol. The standard InChI is InChI=1S/C68H121NSi4/c1-13-25-43-70(44-26-14-2,45-27-15-3)58-37-39-60-61(41-42-66(63(60)55-58)72(49-31-19-7,50-32-20-8)51-33-21-9)68-62-40-38-59(71(46-28-16-4,47-29-17-5)48-30-18-6)56-64(62)67(57-65(68)69)73(52-34-22-10,53-35-23-11)54-36-24-12/h37-40,42,55-57,61H,13-36,41,43-54,69H2,1-12H3/t61-/m1/s1. The first-order chi connectivity index (χ1) is 35.5. The fourth-order valence-electron chi connectivity index (χ4n) is 14.7. The number of anilines is 1. The van der Waals surface area contributed by atoms with Gasteiger partial charge in [-0.05, 0) is 45.1 Å². The molecule has 3 aromatic carbocycles. The minimum atomic E-state index is -1.94. The normalized spacial score (nSPS) is 14.6. The molecule has 1 aliphatic rings. The van der Waals surface area contributed by atoms with Gasteiger partial charge >= 0.3 is 0 Å². The quantitative estimate of drug-likeness (QED) is 0.0445. The Morgan fingerprint density at radius 2 is 0.699 bits per heavy atom. The summed E-state index contributed by atoms with van der Waals surface area (Å²) >= 11 is 0. The second-order valence-corrected chi connectivity index (χ2v) is 43.2. The lowest BCUT2D eigenvalue weighted by Crippen LogP contribution is -2.50. The van der Waals surface area contributed by atoms with Gasteiger partial charge in [0.1, 0.15) is 0 Å². The molecular weight excluding hydrogens is 943 g/mol. The van der Waals surface area contributed by atoms with E-state index in [1.165, 1.54) is 232 Å². The first-order valence-electron chi connectivity index (χ1n) is 32.8. The highest BCUT2D eigenvalue weighted by molar-refractivity contribution is 6.97. The average molecular weight is 1070 g/mol. The van der Waals surface area contributed by atoms with Crippen LogP contribution in [-0.4, -0.2) is 32.3 Å². The first kappa shape index (κ1) is 63.9. The summed E-state index contributed by atoms with van der Waals surface area (Å²) < 4.78 is 0. The van der Waals surface area contributed by atoms with Gasteiger partial charge in [-0.1, -0.05) is 368 Å². The molecule has 0 aromatic heterocycles. The lowest BCUT2D eigenvalue weighted by Gasteiger charge is -2.41. The monoisotopic (exact) mass is 1060 g/mol. The van der Waals surface area contributed by atoms with Gasteiger partial charge in [0.2, 0.25) is 0 Å². The van der Waals surface area contributed by atoms with E-state index in [1.54, 1.807) is 32.3 Å². The Bertz CT molecular complexity index is 1940. The number of allylic oxidation sites excluding steroid dienone is 1. The van der Waals surface area contributed by atoms with E-state index in [0.717, 1.165) is 12.1 Å². The second-order valence-electron chi connectivity index (χ2n) is 24.8. The Morgan fingerprint density at radius 1 is 0.370 bits per heavy atom. The number of nitrogen functional groups attached to an aromatic ring is 1. The zero-order valence-electron chi connectivity index (χ0n) is 50.9. The zero-order chi connectivity index (χ0) is 53.2. The van der Waals surface area contributed by atoms with Crippen molar-refractivity contribution in [2.24, 2.45) is 0 Å². The number of hydrogen-bond acceptors (Lipinski definition) is 1. The third-order valence-electron chi connectivity index (χ3n) is 19.3. The minimum absolute atomic E-state index is 0.295. The molecule has 414 valence electrons. The van der Waals surface area contributed by atoms with E-state index < -0.39 is 32.3 Å². The summed E-state index contributed by atoms with van der Waals surface area (Å²) in [5.41, 5.74) is 14.0. The number of nitrogens with two attached hydrogens (primary N) is 1. The minimum Gasteiger partial charge on any atom is -0.398 e. The van der Waals surface area contributed by atoms with Crippen molar-refractivity contribution in [3.8, 4) is 0 Å². The van der Waals surface area contributed by atoms with Gasteiger partial charge in [-0.3, -0.25) is 0 Å². The maximum atomic E-state index is 7.99. The van der Waals surface area contributed by atoms with E-state index in [1.807, 2.05) is 10.4 Å². The maximum absolute atomic E-state index is 7.99. The summed E-state index contributed by atoms with van der Waals surface area (Å²) in [5, 5.41) is 10.5. The molecule has 1 aliphatic carbocycles. The van der Waals surface area contributed by atoms with Crippen LogP contribution < -0.4 is 21.3 Å². The van der Waals surface area contributed by atoms with Crippen LogP contribution in [0.4, 0.5) is 5.69 Å². The highest BCUT2D eigenvalue weighted by atomic mass is 28.3. The number of rotatable bonds is 41. The van der Waals surface area contributed by atoms with Gasteiger partial charge in [-0.2, -0.15) is 0 Å². The molecule has 0 amide bonds. The van der Waals surface area contributed by atoms with Gasteiger partial charge in [-0.15, -0.1) is 0 Å². The number of benzene rings is 3. The van der Waals surface area contributed by atoms with Gasteiger partial charge in [0.15, 0.2) is 0 Å². The largest absolute Gasteiger partial charge is 0.398 e. The molecular formula is C68H121NSi4. The molecule has 2 N–H and O–H groups in total. The molecule has 3 aromatic rings. The van der Waals surface area contributed by atoms with Crippen LogP contribution in [0.25, 0.3) is 16.0 Å². The summed E-state index contributed by atoms with van der Waals surface area (Å²) in [6.45, 7) is 29.4. The van der Waals surface area contributed by atoms with E-state index >= 15 is 0 Å². The predicted octanol–water partition coefficient (Wildman–Crippen LogP) is 21.9. The lowest BCUT2D eigenvalue weighted by molar-refractivity contribution is 0.793. The molecule has 1 nitrogen and oxygen atoms in total. The van der Waals surface area contributed by atoms with Crippen molar-refractivity contribution in [2.45, 2.75) is 322 Å². The van der Waals surface area contributed by atoms with Crippen LogP contribution in [0.2, 0.25) is 72.5 Å². The zero-order valence-corrected chi connectivity index (χ0v) is 54.9. The summed E-state index contributed by atoms with van der Waals surface area (Å²) in [7, 11) is -7.31. The van der Waals surface area contributed by atoms with Gasteiger partial charge in [0.25, 0.3) is 0 Å². The van der Waals surface area contributed by atoms with E-state index in [9.17, 15) is 0 Å². The van der Waals surface area contributed by atoms with Crippen LogP contribution in [0.3, 0.4) is 0 Å². The fourth-order valence-corrected chi connectivity index (χ4v) is 37.7. The van der Waals surface area contributed by atoms with Crippen molar-refractivity contribution < 1.29 is 0 Å². The van der Waals surface area contributed by atoms with Crippen LogP contribution in [0.5, 0.6) is 0 Å². The van der Waals surface area contributed by atoms with Crippen LogP contribution in [0, 0.1) is 0 Å². The molecule has 0 heterocycles. The van der Waals surface area contributed by atoms with Crippen LogP contribution in [0.15, 0.2) is 48.5 Å². The Balaban J connectivity index is 2.25. The highest BCUT2D eigenvalue weighted by Gasteiger charge is 2.43. The van der Waals surface area contributed by atoms with Crippen molar-refractivity contribution in [3.63, 3.8) is 0 Å². The molecule has 5 heteroatoms. The number of fused-ring (bicyclic) bond motifs is 2. The summed E-state index contributed by atoms with van der Waals surface area (Å²) in [4.78, 5) is 0. The smallest absolute Gasteiger partial charge is 0.0876 e.